The van der Waals surface area contributed by atoms with Gasteiger partial charge in [-0.1, -0.05) is 13.8 Å². The van der Waals surface area contributed by atoms with Gasteiger partial charge in [0.25, 0.3) is 0 Å². The summed E-state index contributed by atoms with van der Waals surface area (Å²) in [5, 5.41) is 3.30. The SMILES string of the molecule is CCCOCC(NC)c1ccc(CC)s1. The Balaban J connectivity index is 2.49. The average molecular weight is 227 g/mol. The summed E-state index contributed by atoms with van der Waals surface area (Å²) >= 11 is 1.88. The zero-order valence-corrected chi connectivity index (χ0v) is 10.7. The smallest absolute Gasteiger partial charge is 0.0669 e. The molecule has 2 nitrogen and oxygen atoms in total. The fourth-order valence-electron chi connectivity index (χ4n) is 1.43. The van der Waals surface area contributed by atoms with Crippen LogP contribution in [-0.4, -0.2) is 20.3 Å². The largest absolute Gasteiger partial charge is 0.379 e. The zero-order valence-electron chi connectivity index (χ0n) is 9.88. The van der Waals surface area contributed by atoms with Crippen LogP contribution < -0.4 is 5.32 Å². The van der Waals surface area contributed by atoms with E-state index < -0.39 is 0 Å². The highest BCUT2D eigenvalue weighted by molar-refractivity contribution is 7.12. The molecule has 15 heavy (non-hydrogen) atoms. The number of hydrogen-bond donors (Lipinski definition) is 1. The summed E-state index contributed by atoms with van der Waals surface area (Å²) in [6, 6.07) is 4.77. The molecule has 3 heteroatoms. The van der Waals surface area contributed by atoms with Gasteiger partial charge < -0.3 is 10.1 Å². The third-order valence-corrected chi connectivity index (χ3v) is 3.70. The number of hydrogen-bond acceptors (Lipinski definition) is 3. The second-order valence-electron chi connectivity index (χ2n) is 3.57. The second-order valence-corrected chi connectivity index (χ2v) is 4.77. The topological polar surface area (TPSA) is 21.3 Å². The summed E-state index contributed by atoms with van der Waals surface area (Å²) in [6.45, 7) is 5.95. The van der Waals surface area contributed by atoms with Gasteiger partial charge in [0, 0.05) is 16.4 Å². The molecular weight excluding hydrogens is 206 g/mol. The number of aryl methyl sites for hydroxylation is 1. The van der Waals surface area contributed by atoms with Crippen molar-refractivity contribution in [3.63, 3.8) is 0 Å². The molecule has 0 amide bonds. The quantitative estimate of drug-likeness (QED) is 0.723. The van der Waals surface area contributed by atoms with Gasteiger partial charge in [0.2, 0.25) is 0 Å². The highest BCUT2D eigenvalue weighted by atomic mass is 32.1. The molecule has 0 spiro atoms. The highest BCUT2D eigenvalue weighted by Gasteiger charge is 2.11. The van der Waals surface area contributed by atoms with Crippen LogP contribution in [0.1, 0.15) is 36.1 Å². The summed E-state index contributed by atoms with van der Waals surface area (Å²) in [5.74, 6) is 0. The van der Waals surface area contributed by atoms with Gasteiger partial charge in [-0.15, -0.1) is 11.3 Å². The monoisotopic (exact) mass is 227 g/mol. The molecule has 1 unspecified atom stereocenters. The molecule has 0 bridgehead atoms. The minimum Gasteiger partial charge on any atom is -0.379 e. The van der Waals surface area contributed by atoms with Crippen LogP contribution in [0, 0.1) is 0 Å². The van der Waals surface area contributed by atoms with Crippen LogP contribution in [0.15, 0.2) is 12.1 Å². The van der Waals surface area contributed by atoms with E-state index >= 15 is 0 Å². The molecule has 1 rings (SSSR count). The first-order chi connectivity index (χ1) is 7.31. The van der Waals surface area contributed by atoms with Crippen LogP contribution >= 0.6 is 11.3 Å². The maximum Gasteiger partial charge on any atom is 0.0669 e. The Hall–Kier alpha value is -0.380. The van der Waals surface area contributed by atoms with Crippen molar-refractivity contribution in [2.45, 2.75) is 32.7 Å². The van der Waals surface area contributed by atoms with Crippen LogP contribution in [0.4, 0.5) is 0 Å². The van der Waals surface area contributed by atoms with Crippen molar-refractivity contribution in [3.05, 3.63) is 21.9 Å². The standard InChI is InChI=1S/C12H21NOS/c1-4-8-14-9-11(13-3)12-7-6-10(5-2)15-12/h6-7,11,13H,4-5,8-9H2,1-3H3. The molecule has 86 valence electrons. The molecule has 1 heterocycles. The Morgan fingerprint density at radius 1 is 1.40 bits per heavy atom. The van der Waals surface area contributed by atoms with Crippen LogP contribution in [0.3, 0.4) is 0 Å². The Bertz CT molecular complexity index is 272. The number of thiophene rings is 1. The number of nitrogens with one attached hydrogen (secondary N) is 1. The van der Waals surface area contributed by atoms with Crippen molar-refractivity contribution in [3.8, 4) is 0 Å². The molecule has 0 radical (unpaired) electrons. The van der Waals surface area contributed by atoms with Crippen LogP contribution in [-0.2, 0) is 11.2 Å². The molecular formula is C12H21NOS. The van der Waals surface area contributed by atoms with Gasteiger partial charge in [0.1, 0.15) is 0 Å². The van der Waals surface area contributed by atoms with Crippen molar-refractivity contribution < 1.29 is 4.74 Å². The normalized spacial score (nSPS) is 13.0. The van der Waals surface area contributed by atoms with E-state index in [4.69, 9.17) is 4.74 Å². The Morgan fingerprint density at radius 2 is 2.20 bits per heavy atom. The summed E-state index contributed by atoms with van der Waals surface area (Å²) in [6.07, 6.45) is 2.21. The molecule has 0 saturated carbocycles. The lowest BCUT2D eigenvalue weighted by Crippen LogP contribution is -2.20. The molecule has 0 aliphatic rings. The maximum atomic E-state index is 5.58. The van der Waals surface area contributed by atoms with Crippen molar-refractivity contribution in [2.24, 2.45) is 0 Å². The predicted octanol–water partition coefficient (Wildman–Crippen LogP) is 3.00. The van der Waals surface area contributed by atoms with Gasteiger partial charge in [-0.2, -0.15) is 0 Å². The molecule has 0 aliphatic carbocycles. The lowest BCUT2D eigenvalue weighted by atomic mass is 10.2. The number of likely N-dealkylation sites (N-methyl/N-ethyl adjacent to an activating group) is 1. The van der Waals surface area contributed by atoms with E-state index in [2.05, 4.69) is 31.3 Å². The maximum absolute atomic E-state index is 5.58. The number of ether oxygens (including phenoxy) is 1. The van der Waals surface area contributed by atoms with Crippen LogP contribution in [0.2, 0.25) is 0 Å². The Labute approximate surface area is 96.7 Å². The fraction of sp³-hybridized carbons (Fsp3) is 0.667. The average Bonchev–Trinajstić information content (AvgIpc) is 2.73. The molecule has 1 atom stereocenters. The van der Waals surface area contributed by atoms with Gasteiger partial charge in [-0.25, -0.2) is 0 Å². The van der Waals surface area contributed by atoms with E-state index in [1.165, 1.54) is 9.75 Å². The van der Waals surface area contributed by atoms with E-state index in [0.717, 1.165) is 26.1 Å². The fourth-order valence-corrected chi connectivity index (χ4v) is 2.47. The van der Waals surface area contributed by atoms with Crippen LogP contribution in [0.5, 0.6) is 0 Å². The molecule has 0 fully saturated rings. The lowest BCUT2D eigenvalue weighted by Gasteiger charge is -2.14. The lowest BCUT2D eigenvalue weighted by molar-refractivity contribution is 0.115. The van der Waals surface area contributed by atoms with Crippen molar-refractivity contribution >= 4 is 11.3 Å². The minimum atomic E-state index is 0.349. The van der Waals surface area contributed by atoms with Gasteiger partial charge >= 0.3 is 0 Å². The van der Waals surface area contributed by atoms with Gasteiger partial charge in [-0.3, -0.25) is 0 Å². The van der Waals surface area contributed by atoms with Gasteiger partial charge in [-0.05, 0) is 32.0 Å². The minimum absolute atomic E-state index is 0.349. The third kappa shape index (κ3) is 3.93. The van der Waals surface area contributed by atoms with E-state index in [1.807, 2.05) is 18.4 Å². The molecule has 1 aromatic heterocycles. The zero-order chi connectivity index (χ0) is 11.1. The Kier molecular flexibility index (Phi) is 5.91. The summed E-state index contributed by atoms with van der Waals surface area (Å²) < 4.78 is 5.58. The first kappa shape index (κ1) is 12.7. The summed E-state index contributed by atoms with van der Waals surface area (Å²) in [4.78, 5) is 2.83. The number of rotatable bonds is 7. The third-order valence-electron chi connectivity index (χ3n) is 2.36. The molecule has 1 aromatic rings. The first-order valence-electron chi connectivity index (χ1n) is 5.65. The van der Waals surface area contributed by atoms with Crippen molar-refractivity contribution in [2.75, 3.05) is 20.3 Å². The van der Waals surface area contributed by atoms with E-state index in [1.54, 1.807) is 0 Å². The van der Waals surface area contributed by atoms with Gasteiger partial charge in [0.15, 0.2) is 0 Å². The highest BCUT2D eigenvalue weighted by Crippen LogP contribution is 2.23. The molecule has 0 aliphatic heterocycles. The van der Waals surface area contributed by atoms with Crippen LogP contribution in [0.25, 0.3) is 0 Å². The predicted molar refractivity (Wildman–Crippen MR) is 66.6 cm³/mol. The summed E-state index contributed by atoms with van der Waals surface area (Å²) in [7, 11) is 1.99. The van der Waals surface area contributed by atoms with Crippen molar-refractivity contribution in [1.29, 1.82) is 0 Å². The second kappa shape index (κ2) is 6.99. The van der Waals surface area contributed by atoms with Crippen molar-refractivity contribution in [1.82, 2.24) is 5.32 Å². The Morgan fingerprint density at radius 3 is 2.73 bits per heavy atom. The summed E-state index contributed by atoms with van der Waals surface area (Å²) in [5.41, 5.74) is 0. The molecule has 0 saturated heterocycles. The van der Waals surface area contributed by atoms with E-state index in [0.29, 0.717) is 6.04 Å². The van der Waals surface area contributed by atoms with E-state index in [9.17, 15) is 0 Å². The molecule has 1 N–H and O–H groups in total. The van der Waals surface area contributed by atoms with Gasteiger partial charge in [0.05, 0.1) is 12.6 Å². The molecule has 0 aromatic carbocycles. The first-order valence-corrected chi connectivity index (χ1v) is 6.47. The van der Waals surface area contributed by atoms with E-state index in [-0.39, 0.29) is 0 Å².